The van der Waals surface area contributed by atoms with E-state index in [1.807, 2.05) is 0 Å². The molecule has 0 bridgehead atoms. The highest BCUT2D eigenvalue weighted by Gasteiger charge is 2.17. The molecule has 4 heteroatoms. The summed E-state index contributed by atoms with van der Waals surface area (Å²) >= 11 is 0. The first-order valence-electron chi connectivity index (χ1n) is 2.76. The average Bonchev–Trinajstić information content (AvgIpc) is 1.86. The van der Waals surface area contributed by atoms with Crippen LogP contribution in [0.5, 0.6) is 0 Å². The smallest absolute Gasteiger partial charge is 0.169 e. The maximum absolute atomic E-state index is 10.9. The molecule has 0 spiro atoms. The fourth-order valence-electron chi connectivity index (χ4n) is 0.389. The quantitative estimate of drug-likeness (QED) is 0.563. The Balaban J connectivity index is 4.45. The van der Waals surface area contributed by atoms with E-state index in [-0.39, 0.29) is 5.75 Å². The Hall–Kier alpha value is -0.820. The van der Waals surface area contributed by atoms with Gasteiger partial charge >= 0.3 is 0 Å². The second-order valence-electron chi connectivity index (χ2n) is 1.89. The molecule has 0 saturated carbocycles. The summed E-state index contributed by atoms with van der Waals surface area (Å²) in [7, 11) is -3.24. The molecule has 1 unspecified atom stereocenters. The molecule has 10 heavy (non-hydrogen) atoms. The van der Waals surface area contributed by atoms with Crippen molar-refractivity contribution in [2.75, 3.05) is 5.75 Å². The Kier molecular flexibility index (Phi) is 3.10. The molecule has 0 aliphatic carbocycles. The number of rotatable bonds is 3. The maximum Gasteiger partial charge on any atom is 0.169 e. The predicted molar refractivity (Wildman–Crippen MR) is 39.1 cm³/mol. The molecule has 1 atom stereocenters. The van der Waals surface area contributed by atoms with Crippen molar-refractivity contribution in [2.24, 2.45) is 0 Å². The van der Waals surface area contributed by atoms with Crippen molar-refractivity contribution in [2.45, 2.75) is 12.2 Å². The monoisotopic (exact) mass is 159 g/mol. The van der Waals surface area contributed by atoms with Crippen LogP contribution in [0.3, 0.4) is 0 Å². The summed E-state index contributed by atoms with van der Waals surface area (Å²) in [4.78, 5) is 0. The van der Waals surface area contributed by atoms with Crippen LogP contribution in [0, 0.1) is 11.3 Å². The topological polar surface area (TPSA) is 57.9 Å². The summed E-state index contributed by atoms with van der Waals surface area (Å²) in [6.07, 6.45) is 1.28. The number of hydrogen-bond acceptors (Lipinski definition) is 3. The van der Waals surface area contributed by atoms with Crippen molar-refractivity contribution in [1.82, 2.24) is 0 Å². The number of nitriles is 1. The third kappa shape index (κ3) is 2.19. The molecule has 0 saturated heterocycles. The van der Waals surface area contributed by atoms with Crippen molar-refractivity contribution in [3.05, 3.63) is 12.7 Å². The van der Waals surface area contributed by atoms with E-state index in [4.69, 9.17) is 5.26 Å². The van der Waals surface area contributed by atoms with Gasteiger partial charge in [-0.2, -0.15) is 5.26 Å². The van der Waals surface area contributed by atoms with Crippen LogP contribution in [0.4, 0.5) is 0 Å². The number of hydrogen-bond donors (Lipinski definition) is 0. The first kappa shape index (κ1) is 9.18. The van der Waals surface area contributed by atoms with Crippen molar-refractivity contribution >= 4 is 9.84 Å². The molecule has 0 rings (SSSR count). The Bertz CT molecular complexity index is 247. The van der Waals surface area contributed by atoms with Crippen LogP contribution >= 0.6 is 0 Å². The lowest BCUT2D eigenvalue weighted by Gasteiger charge is -1.99. The van der Waals surface area contributed by atoms with Crippen molar-refractivity contribution < 1.29 is 8.42 Å². The van der Waals surface area contributed by atoms with Crippen molar-refractivity contribution in [3.8, 4) is 6.07 Å². The lowest BCUT2D eigenvalue weighted by atomic mass is 10.5. The molecule has 0 radical (unpaired) electrons. The SMILES string of the molecule is C=CCS(=O)(=O)C(C)C#N. The van der Waals surface area contributed by atoms with Crippen LogP contribution in [0.1, 0.15) is 6.92 Å². The highest BCUT2D eigenvalue weighted by atomic mass is 32.2. The molecular formula is C6H9NO2S. The second kappa shape index (κ2) is 3.37. The highest BCUT2D eigenvalue weighted by molar-refractivity contribution is 7.92. The highest BCUT2D eigenvalue weighted by Crippen LogP contribution is 1.99. The zero-order valence-corrected chi connectivity index (χ0v) is 6.56. The lowest BCUT2D eigenvalue weighted by Crippen LogP contribution is -2.17. The van der Waals surface area contributed by atoms with Crippen LogP contribution in [0.25, 0.3) is 0 Å². The molecule has 3 nitrogen and oxygen atoms in total. The Morgan fingerprint density at radius 2 is 2.30 bits per heavy atom. The predicted octanol–water partition coefficient (Wildman–Crippen LogP) is 0.499. The zero-order chi connectivity index (χ0) is 8.20. The Morgan fingerprint density at radius 3 is 2.60 bits per heavy atom. The molecular weight excluding hydrogens is 150 g/mol. The van der Waals surface area contributed by atoms with Gasteiger partial charge in [-0.15, -0.1) is 6.58 Å². The van der Waals surface area contributed by atoms with Gasteiger partial charge in [0.2, 0.25) is 0 Å². The lowest BCUT2D eigenvalue weighted by molar-refractivity contribution is 0.595. The third-order valence-corrected chi connectivity index (χ3v) is 2.95. The minimum absolute atomic E-state index is 0.123. The van der Waals surface area contributed by atoms with Gasteiger partial charge in [-0.1, -0.05) is 6.08 Å². The Morgan fingerprint density at radius 1 is 1.80 bits per heavy atom. The van der Waals surface area contributed by atoms with Crippen LogP contribution in [0.2, 0.25) is 0 Å². The van der Waals surface area contributed by atoms with Gasteiger partial charge in [0.15, 0.2) is 9.84 Å². The minimum Gasteiger partial charge on any atom is -0.227 e. The van der Waals surface area contributed by atoms with Gasteiger partial charge < -0.3 is 0 Å². The summed E-state index contributed by atoms with van der Waals surface area (Å²) in [5.74, 6) is -0.123. The minimum atomic E-state index is -3.24. The summed E-state index contributed by atoms with van der Waals surface area (Å²) < 4.78 is 21.7. The van der Waals surface area contributed by atoms with Gasteiger partial charge in [-0.3, -0.25) is 0 Å². The maximum atomic E-state index is 10.9. The van der Waals surface area contributed by atoms with E-state index in [1.54, 1.807) is 6.07 Å². The molecule has 0 aliphatic rings. The summed E-state index contributed by atoms with van der Waals surface area (Å²) in [5.41, 5.74) is 0. The van der Waals surface area contributed by atoms with Gasteiger partial charge in [-0.05, 0) is 6.92 Å². The van der Waals surface area contributed by atoms with Crippen molar-refractivity contribution in [3.63, 3.8) is 0 Å². The standard InChI is InChI=1S/C6H9NO2S/c1-3-4-10(8,9)6(2)5-7/h3,6H,1,4H2,2H3. The molecule has 0 N–H and O–H groups in total. The summed E-state index contributed by atoms with van der Waals surface area (Å²) in [6, 6.07) is 1.65. The van der Waals surface area contributed by atoms with Crippen LogP contribution in [-0.4, -0.2) is 19.4 Å². The molecule has 0 fully saturated rings. The number of sulfone groups is 1. The second-order valence-corrected chi connectivity index (χ2v) is 4.26. The van der Waals surface area contributed by atoms with E-state index in [9.17, 15) is 8.42 Å². The summed E-state index contributed by atoms with van der Waals surface area (Å²) in [5, 5.41) is 7.31. The van der Waals surface area contributed by atoms with Gasteiger partial charge in [0, 0.05) is 0 Å². The van der Waals surface area contributed by atoms with E-state index >= 15 is 0 Å². The van der Waals surface area contributed by atoms with Crippen LogP contribution in [0.15, 0.2) is 12.7 Å². The van der Waals surface area contributed by atoms with E-state index < -0.39 is 15.1 Å². The molecule has 0 amide bonds. The van der Waals surface area contributed by atoms with E-state index in [2.05, 4.69) is 6.58 Å². The third-order valence-electron chi connectivity index (χ3n) is 1.07. The molecule has 0 aromatic heterocycles. The first-order valence-corrected chi connectivity index (χ1v) is 4.48. The molecule has 0 aromatic rings. The number of nitrogens with zero attached hydrogens (tertiary/aromatic N) is 1. The molecule has 0 heterocycles. The normalized spacial score (nSPS) is 13.6. The first-order chi connectivity index (χ1) is 4.54. The van der Waals surface area contributed by atoms with E-state index in [1.165, 1.54) is 13.0 Å². The van der Waals surface area contributed by atoms with E-state index in [0.29, 0.717) is 0 Å². The van der Waals surface area contributed by atoms with Crippen LogP contribution < -0.4 is 0 Å². The molecule has 56 valence electrons. The zero-order valence-electron chi connectivity index (χ0n) is 5.74. The average molecular weight is 159 g/mol. The molecule has 0 aromatic carbocycles. The fraction of sp³-hybridized carbons (Fsp3) is 0.500. The van der Waals surface area contributed by atoms with Crippen LogP contribution in [-0.2, 0) is 9.84 Å². The van der Waals surface area contributed by atoms with Gasteiger partial charge in [0.1, 0.15) is 5.25 Å². The van der Waals surface area contributed by atoms with Gasteiger partial charge in [0.25, 0.3) is 0 Å². The molecule has 0 aliphatic heterocycles. The summed E-state index contributed by atoms with van der Waals surface area (Å²) in [6.45, 7) is 4.63. The van der Waals surface area contributed by atoms with E-state index in [0.717, 1.165) is 0 Å². The fourth-order valence-corrected chi connectivity index (χ4v) is 1.17. The Labute approximate surface area is 60.9 Å². The largest absolute Gasteiger partial charge is 0.227 e. The van der Waals surface area contributed by atoms with Gasteiger partial charge in [-0.25, -0.2) is 8.42 Å². The van der Waals surface area contributed by atoms with Gasteiger partial charge in [0.05, 0.1) is 11.8 Å². The van der Waals surface area contributed by atoms with Crippen molar-refractivity contribution in [1.29, 1.82) is 5.26 Å².